The Morgan fingerprint density at radius 3 is 2.39 bits per heavy atom. The molecule has 0 aliphatic heterocycles. The summed E-state index contributed by atoms with van der Waals surface area (Å²) >= 11 is 0. The smallest absolute Gasteiger partial charge is 0.118 e. The molecule has 0 amide bonds. The highest BCUT2D eigenvalue weighted by Gasteiger charge is 2.37. The van der Waals surface area contributed by atoms with Crippen molar-refractivity contribution < 1.29 is 9.47 Å². The summed E-state index contributed by atoms with van der Waals surface area (Å²) in [5.74, 6) is 1.61. The summed E-state index contributed by atoms with van der Waals surface area (Å²) in [7, 11) is 3.70. The number of rotatable bonds is 7. The molecule has 1 aliphatic carbocycles. The molecule has 1 N–H and O–H groups in total. The van der Waals surface area contributed by atoms with Crippen LogP contribution in [0, 0.1) is 5.92 Å². The van der Waals surface area contributed by atoms with Crippen molar-refractivity contribution in [2.75, 3.05) is 20.8 Å². The monoisotopic (exact) mass is 249 g/mol. The largest absolute Gasteiger partial charge is 0.497 e. The first-order chi connectivity index (χ1) is 8.80. The maximum Gasteiger partial charge on any atom is 0.118 e. The minimum Gasteiger partial charge on any atom is -0.497 e. The van der Waals surface area contributed by atoms with Crippen molar-refractivity contribution in [3.05, 3.63) is 29.8 Å². The third-order valence-electron chi connectivity index (χ3n) is 3.56. The molecular formula is C15H23NO2. The van der Waals surface area contributed by atoms with Gasteiger partial charge in [0.15, 0.2) is 0 Å². The molecule has 1 saturated carbocycles. The highest BCUT2D eigenvalue weighted by Crippen LogP contribution is 2.40. The van der Waals surface area contributed by atoms with Gasteiger partial charge in [-0.05, 0) is 50.4 Å². The number of hydrogen-bond acceptors (Lipinski definition) is 3. The molecular weight excluding hydrogens is 226 g/mol. The second-order valence-corrected chi connectivity index (χ2v) is 4.80. The van der Waals surface area contributed by atoms with Crippen molar-refractivity contribution in [2.45, 2.75) is 31.9 Å². The third kappa shape index (κ3) is 3.03. The number of ether oxygens (including phenoxy) is 2. The Labute approximate surface area is 109 Å². The summed E-state index contributed by atoms with van der Waals surface area (Å²) in [5, 5.41) is 3.40. The van der Waals surface area contributed by atoms with Crippen molar-refractivity contribution in [3.63, 3.8) is 0 Å². The van der Waals surface area contributed by atoms with E-state index in [9.17, 15) is 0 Å². The van der Waals surface area contributed by atoms with Crippen LogP contribution in [-0.4, -0.2) is 26.9 Å². The Bertz CT molecular complexity index is 359. The van der Waals surface area contributed by atoms with Gasteiger partial charge >= 0.3 is 0 Å². The molecule has 0 aromatic heterocycles. The fraction of sp³-hybridized carbons (Fsp3) is 0.600. The van der Waals surface area contributed by atoms with E-state index >= 15 is 0 Å². The van der Waals surface area contributed by atoms with E-state index in [4.69, 9.17) is 9.47 Å². The van der Waals surface area contributed by atoms with Gasteiger partial charge in [-0.2, -0.15) is 0 Å². The fourth-order valence-corrected chi connectivity index (χ4v) is 2.45. The van der Waals surface area contributed by atoms with Crippen molar-refractivity contribution in [1.29, 1.82) is 0 Å². The molecule has 0 heterocycles. The van der Waals surface area contributed by atoms with Crippen molar-refractivity contribution >= 4 is 0 Å². The minimum atomic E-state index is 0.267. The van der Waals surface area contributed by atoms with Gasteiger partial charge in [-0.15, -0.1) is 0 Å². The average molecular weight is 249 g/mol. The van der Waals surface area contributed by atoms with Gasteiger partial charge in [-0.1, -0.05) is 12.1 Å². The van der Waals surface area contributed by atoms with Gasteiger partial charge in [-0.25, -0.2) is 0 Å². The van der Waals surface area contributed by atoms with Gasteiger partial charge in [0.1, 0.15) is 5.75 Å². The van der Waals surface area contributed by atoms with Crippen LogP contribution in [0.4, 0.5) is 0 Å². The van der Waals surface area contributed by atoms with Crippen LogP contribution < -0.4 is 10.1 Å². The van der Waals surface area contributed by atoms with Gasteiger partial charge in [0.2, 0.25) is 0 Å². The minimum absolute atomic E-state index is 0.267. The predicted molar refractivity (Wildman–Crippen MR) is 72.9 cm³/mol. The number of hydrogen-bond donors (Lipinski definition) is 1. The zero-order valence-electron chi connectivity index (χ0n) is 11.5. The summed E-state index contributed by atoms with van der Waals surface area (Å²) in [5.41, 5.74) is 1.27. The Kier molecular flexibility index (Phi) is 4.61. The summed E-state index contributed by atoms with van der Waals surface area (Å²) in [6, 6.07) is 8.52. The first-order valence-electron chi connectivity index (χ1n) is 6.73. The SMILES string of the molecule is CCOC(C1CC1)C(NC)c1ccc(OC)cc1. The summed E-state index contributed by atoms with van der Waals surface area (Å²) in [4.78, 5) is 0. The first kappa shape index (κ1) is 13.4. The van der Waals surface area contributed by atoms with Crippen LogP contribution in [0.2, 0.25) is 0 Å². The highest BCUT2D eigenvalue weighted by atomic mass is 16.5. The molecule has 0 bridgehead atoms. The lowest BCUT2D eigenvalue weighted by Gasteiger charge is -2.27. The lowest BCUT2D eigenvalue weighted by Crippen LogP contribution is -2.33. The van der Waals surface area contributed by atoms with Crippen LogP contribution in [0.3, 0.4) is 0 Å². The second-order valence-electron chi connectivity index (χ2n) is 4.80. The molecule has 3 nitrogen and oxygen atoms in total. The summed E-state index contributed by atoms with van der Waals surface area (Å²) in [6.45, 7) is 2.84. The molecule has 2 atom stereocenters. The molecule has 0 radical (unpaired) electrons. The molecule has 1 aromatic carbocycles. The van der Waals surface area contributed by atoms with Gasteiger partial charge in [0, 0.05) is 6.61 Å². The van der Waals surface area contributed by atoms with E-state index in [-0.39, 0.29) is 12.1 Å². The fourth-order valence-electron chi connectivity index (χ4n) is 2.45. The molecule has 2 rings (SSSR count). The zero-order chi connectivity index (χ0) is 13.0. The Balaban J connectivity index is 2.14. The average Bonchev–Trinajstić information content (AvgIpc) is 3.23. The zero-order valence-corrected chi connectivity index (χ0v) is 11.5. The van der Waals surface area contributed by atoms with E-state index in [1.165, 1.54) is 18.4 Å². The highest BCUT2D eigenvalue weighted by molar-refractivity contribution is 5.30. The molecule has 18 heavy (non-hydrogen) atoms. The Morgan fingerprint density at radius 2 is 1.94 bits per heavy atom. The van der Waals surface area contributed by atoms with Crippen molar-refractivity contribution in [1.82, 2.24) is 5.32 Å². The third-order valence-corrected chi connectivity index (χ3v) is 3.56. The van der Waals surface area contributed by atoms with E-state index < -0.39 is 0 Å². The number of benzene rings is 1. The van der Waals surface area contributed by atoms with Crippen LogP contribution in [0.15, 0.2) is 24.3 Å². The molecule has 0 saturated heterocycles. The second kappa shape index (κ2) is 6.21. The Morgan fingerprint density at radius 1 is 1.28 bits per heavy atom. The van der Waals surface area contributed by atoms with E-state index in [1.54, 1.807) is 7.11 Å². The molecule has 1 aliphatic rings. The van der Waals surface area contributed by atoms with Crippen LogP contribution in [0.1, 0.15) is 31.4 Å². The topological polar surface area (TPSA) is 30.5 Å². The maximum atomic E-state index is 5.94. The van der Waals surface area contributed by atoms with E-state index in [1.807, 2.05) is 19.2 Å². The molecule has 100 valence electrons. The number of methoxy groups -OCH3 is 1. The van der Waals surface area contributed by atoms with Crippen LogP contribution in [0.25, 0.3) is 0 Å². The van der Waals surface area contributed by atoms with Gasteiger partial charge in [-0.3, -0.25) is 0 Å². The number of nitrogens with one attached hydrogen (secondary N) is 1. The van der Waals surface area contributed by atoms with Crippen molar-refractivity contribution in [2.24, 2.45) is 5.92 Å². The lowest BCUT2D eigenvalue weighted by molar-refractivity contribution is 0.0204. The van der Waals surface area contributed by atoms with E-state index in [0.717, 1.165) is 12.4 Å². The van der Waals surface area contributed by atoms with Crippen LogP contribution in [0.5, 0.6) is 5.75 Å². The Hall–Kier alpha value is -1.06. The lowest BCUT2D eigenvalue weighted by atomic mass is 9.98. The predicted octanol–water partition coefficient (Wildman–Crippen LogP) is 2.77. The van der Waals surface area contributed by atoms with Gasteiger partial charge < -0.3 is 14.8 Å². The quantitative estimate of drug-likeness (QED) is 0.806. The molecule has 2 unspecified atom stereocenters. The first-order valence-corrected chi connectivity index (χ1v) is 6.73. The van der Waals surface area contributed by atoms with E-state index in [0.29, 0.717) is 5.92 Å². The van der Waals surface area contributed by atoms with Gasteiger partial charge in [0.05, 0.1) is 19.3 Å². The van der Waals surface area contributed by atoms with Crippen molar-refractivity contribution in [3.8, 4) is 5.75 Å². The summed E-state index contributed by atoms with van der Waals surface area (Å²) < 4.78 is 11.1. The standard InChI is InChI=1S/C15H23NO2/c1-4-18-15(12-5-6-12)14(16-2)11-7-9-13(17-3)10-8-11/h7-10,12,14-16H,4-6H2,1-3H3. The summed E-state index contributed by atoms with van der Waals surface area (Å²) in [6.07, 6.45) is 2.87. The molecule has 3 heteroatoms. The normalized spacial score (nSPS) is 18.4. The van der Waals surface area contributed by atoms with Gasteiger partial charge in [0.25, 0.3) is 0 Å². The van der Waals surface area contributed by atoms with Crippen LogP contribution in [-0.2, 0) is 4.74 Å². The van der Waals surface area contributed by atoms with Crippen LogP contribution >= 0.6 is 0 Å². The maximum absolute atomic E-state index is 5.94. The molecule has 0 spiro atoms. The molecule has 1 fully saturated rings. The molecule has 1 aromatic rings. The number of likely N-dealkylation sites (N-methyl/N-ethyl adjacent to an activating group) is 1. The van der Waals surface area contributed by atoms with E-state index in [2.05, 4.69) is 24.4 Å².